The van der Waals surface area contributed by atoms with Crippen molar-refractivity contribution in [1.82, 2.24) is 4.98 Å². The van der Waals surface area contributed by atoms with E-state index in [1.165, 1.54) is 6.07 Å². The molecule has 1 unspecified atom stereocenters. The van der Waals surface area contributed by atoms with Gasteiger partial charge in [-0.15, -0.1) is 0 Å². The first kappa shape index (κ1) is 15.3. The van der Waals surface area contributed by atoms with E-state index in [1.807, 2.05) is 24.3 Å². The third-order valence-electron chi connectivity index (χ3n) is 3.13. The Morgan fingerprint density at radius 3 is 2.48 bits per heavy atom. The molecule has 112 valence electrons. The Hall–Kier alpha value is -2.08. The van der Waals surface area contributed by atoms with Gasteiger partial charge in [0.2, 0.25) is 0 Å². The maximum atomic E-state index is 12.5. The average molecular weight is 296 g/mol. The number of nitrogens with zero attached hydrogens (tertiary/aromatic N) is 1. The fourth-order valence-electron chi connectivity index (χ4n) is 2.01. The van der Waals surface area contributed by atoms with Crippen molar-refractivity contribution in [2.45, 2.75) is 18.6 Å². The van der Waals surface area contributed by atoms with E-state index in [4.69, 9.17) is 10.5 Å². The van der Waals surface area contributed by atoms with Crippen LogP contribution in [0.25, 0.3) is 0 Å². The van der Waals surface area contributed by atoms with Gasteiger partial charge in [0.1, 0.15) is 5.75 Å². The number of rotatable bonds is 4. The molecule has 2 N–H and O–H groups in total. The minimum absolute atomic E-state index is 0.411. The lowest BCUT2D eigenvalue weighted by Crippen LogP contribution is -2.16. The highest BCUT2D eigenvalue weighted by Crippen LogP contribution is 2.29. The highest BCUT2D eigenvalue weighted by Gasteiger charge is 2.30. The summed E-state index contributed by atoms with van der Waals surface area (Å²) in [5, 5.41) is 0. The van der Waals surface area contributed by atoms with Gasteiger partial charge in [0.25, 0.3) is 0 Å². The van der Waals surface area contributed by atoms with E-state index in [0.717, 1.165) is 17.8 Å². The molecule has 2 aromatic rings. The summed E-state index contributed by atoms with van der Waals surface area (Å²) in [5.74, 6) is 0.694. The highest BCUT2D eigenvalue weighted by atomic mass is 19.4. The first-order valence-corrected chi connectivity index (χ1v) is 6.32. The standard InChI is InChI=1S/C15H15F3N2O/c1-21-14-5-3-2-4-10(14)8-12(19)13-7-6-11(9-20-13)15(16,17)18/h2-7,9,12H,8,19H2,1H3. The van der Waals surface area contributed by atoms with Crippen LogP contribution in [0.15, 0.2) is 42.6 Å². The topological polar surface area (TPSA) is 48.1 Å². The molecule has 0 aliphatic rings. The first-order chi connectivity index (χ1) is 9.91. The van der Waals surface area contributed by atoms with Gasteiger partial charge in [-0.05, 0) is 30.2 Å². The molecular formula is C15H15F3N2O. The fraction of sp³-hybridized carbons (Fsp3) is 0.267. The van der Waals surface area contributed by atoms with Gasteiger partial charge in [0, 0.05) is 6.20 Å². The predicted molar refractivity (Wildman–Crippen MR) is 72.9 cm³/mol. The lowest BCUT2D eigenvalue weighted by Gasteiger charge is -2.14. The van der Waals surface area contributed by atoms with Crippen LogP contribution >= 0.6 is 0 Å². The molecule has 0 bridgehead atoms. The molecule has 1 aromatic heterocycles. The SMILES string of the molecule is COc1ccccc1CC(N)c1ccc(C(F)(F)F)cn1. The molecule has 1 aromatic carbocycles. The van der Waals surface area contributed by atoms with Crippen molar-refractivity contribution < 1.29 is 17.9 Å². The summed E-state index contributed by atoms with van der Waals surface area (Å²) in [5.41, 5.74) is 6.52. The lowest BCUT2D eigenvalue weighted by atomic mass is 10.0. The second kappa shape index (κ2) is 6.13. The molecule has 0 saturated carbocycles. The summed E-state index contributed by atoms with van der Waals surface area (Å²) in [4.78, 5) is 3.81. The van der Waals surface area contributed by atoms with Crippen molar-refractivity contribution in [2.24, 2.45) is 5.73 Å². The van der Waals surface area contributed by atoms with Crippen molar-refractivity contribution >= 4 is 0 Å². The van der Waals surface area contributed by atoms with Crippen LogP contribution in [0.3, 0.4) is 0 Å². The Bertz CT molecular complexity index is 597. The Kier molecular flexibility index (Phi) is 4.47. The lowest BCUT2D eigenvalue weighted by molar-refractivity contribution is -0.137. The molecule has 6 heteroatoms. The number of alkyl halides is 3. The minimum Gasteiger partial charge on any atom is -0.496 e. The smallest absolute Gasteiger partial charge is 0.417 e. The maximum absolute atomic E-state index is 12.5. The van der Waals surface area contributed by atoms with Crippen LogP contribution in [-0.2, 0) is 12.6 Å². The normalized spacial score (nSPS) is 13.0. The molecule has 0 radical (unpaired) electrons. The van der Waals surface area contributed by atoms with Crippen LogP contribution < -0.4 is 10.5 Å². The van der Waals surface area contributed by atoms with Gasteiger partial charge in [0.15, 0.2) is 0 Å². The van der Waals surface area contributed by atoms with Gasteiger partial charge < -0.3 is 10.5 Å². The third kappa shape index (κ3) is 3.72. The predicted octanol–water partition coefficient (Wildman–Crippen LogP) is 3.35. The number of nitrogens with two attached hydrogens (primary N) is 1. The average Bonchev–Trinajstić information content (AvgIpc) is 2.47. The van der Waals surface area contributed by atoms with Crippen LogP contribution in [-0.4, -0.2) is 12.1 Å². The number of para-hydroxylation sites is 1. The van der Waals surface area contributed by atoms with Crippen LogP contribution in [0.1, 0.15) is 22.9 Å². The quantitative estimate of drug-likeness (QED) is 0.941. The molecule has 0 amide bonds. The largest absolute Gasteiger partial charge is 0.496 e. The van der Waals surface area contributed by atoms with Crippen LogP contribution in [0.4, 0.5) is 13.2 Å². The number of halogens is 3. The van der Waals surface area contributed by atoms with E-state index >= 15 is 0 Å². The molecule has 2 rings (SSSR count). The summed E-state index contributed by atoms with van der Waals surface area (Å²) < 4.78 is 42.7. The summed E-state index contributed by atoms with van der Waals surface area (Å²) in [6.45, 7) is 0. The molecular weight excluding hydrogens is 281 g/mol. The minimum atomic E-state index is -4.39. The molecule has 21 heavy (non-hydrogen) atoms. The van der Waals surface area contributed by atoms with Gasteiger partial charge in [0.05, 0.1) is 24.4 Å². The summed E-state index contributed by atoms with van der Waals surface area (Å²) >= 11 is 0. The van der Waals surface area contributed by atoms with E-state index in [9.17, 15) is 13.2 Å². The zero-order valence-corrected chi connectivity index (χ0v) is 11.4. The fourth-order valence-corrected chi connectivity index (χ4v) is 2.01. The number of ether oxygens (including phenoxy) is 1. The van der Waals surface area contributed by atoms with Gasteiger partial charge in [-0.2, -0.15) is 13.2 Å². The third-order valence-corrected chi connectivity index (χ3v) is 3.13. The Labute approximate surface area is 120 Å². The molecule has 1 atom stereocenters. The van der Waals surface area contributed by atoms with Crippen molar-refractivity contribution in [2.75, 3.05) is 7.11 Å². The zero-order chi connectivity index (χ0) is 15.5. The van der Waals surface area contributed by atoms with Crippen molar-refractivity contribution in [1.29, 1.82) is 0 Å². The second-order valence-corrected chi connectivity index (χ2v) is 4.59. The summed E-state index contributed by atoms with van der Waals surface area (Å²) in [6.07, 6.45) is -3.15. The van der Waals surface area contributed by atoms with Crippen LogP contribution in [0.5, 0.6) is 5.75 Å². The number of benzene rings is 1. The Morgan fingerprint density at radius 1 is 1.19 bits per heavy atom. The Balaban J connectivity index is 2.15. The van der Waals surface area contributed by atoms with E-state index in [0.29, 0.717) is 17.9 Å². The molecule has 0 saturated heterocycles. The molecule has 3 nitrogen and oxygen atoms in total. The highest BCUT2D eigenvalue weighted by molar-refractivity contribution is 5.34. The van der Waals surface area contributed by atoms with Gasteiger partial charge >= 0.3 is 6.18 Å². The van der Waals surface area contributed by atoms with Gasteiger partial charge in [-0.1, -0.05) is 18.2 Å². The molecule has 0 aliphatic carbocycles. The van der Waals surface area contributed by atoms with Crippen LogP contribution in [0, 0.1) is 0 Å². The van der Waals surface area contributed by atoms with Gasteiger partial charge in [-0.3, -0.25) is 4.98 Å². The number of methoxy groups -OCH3 is 1. The van der Waals surface area contributed by atoms with Crippen molar-refractivity contribution in [3.05, 3.63) is 59.4 Å². The van der Waals surface area contributed by atoms with Crippen molar-refractivity contribution in [3.8, 4) is 5.75 Å². The van der Waals surface area contributed by atoms with Gasteiger partial charge in [-0.25, -0.2) is 0 Å². The number of aromatic nitrogens is 1. The second-order valence-electron chi connectivity index (χ2n) is 4.59. The van der Waals surface area contributed by atoms with E-state index in [2.05, 4.69) is 4.98 Å². The van der Waals surface area contributed by atoms with E-state index in [-0.39, 0.29) is 0 Å². The molecule has 1 heterocycles. The van der Waals surface area contributed by atoms with Crippen LogP contribution in [0.2, 0.25) is 0 Å². The molecule has 0 spiro atoms. The summed E-state index contributed by atoms with van der Waals surface area (Å²) in [6, 6.07) is 9.16. The zero-order valence-electron chi connectivity index (χ0n) is 11.4. The van der Waals surface area contributed by atoms with E-state index < -0.39 is 17.8 Å². The Morgan fingerprint density at radius 2 is 1.90 bits per heavy atom. The number of pyridine rings is 1. The number of hydrogen-bond donors (Lipinski definition) is 1. The van der Waals surface area contributed by atoms with Crippen molar-refractivity contribution in [3.63, 3.8) is 0 Å². The molecule has 0 aliphatic heterocycles. The monoisotopic (exact) mass is 296 g/mol. The summed E-state index contributed by atoms with van der Waals surface area (Å²) in [7, 11) is 1.56. The maximum Gasteiger partial charge on any atom is 0.417 e. The van der Waals surface area contributed by atoms with E-state index in [1.54, 1.807) is 7.11 Å². The first-order valence-electron chi connectivity index (χ1n) is 6.32. The number of hydrogen-bond acceptors (Lipinski definition) is 3. The molecule has 0 fully saturated rings.